The van der Waals surface area contributed by atoms with Crippen molar-refractivity contribution in [2.75, 3.05) is 19.7 Å². The second kappa shape index (κ2) is 20.6. The standard InChI is InChI=1S/C34H50N8O18S/c1-12-9-42-26(27(12)50)32(55)40-30(53)21(48)7-15(35)28(51)37-16(11-43)33(56)41-10-14(44)6-17(41)29(52)38-24(31(54)39-25(34(42)57)20(47)8-23(36)49)19(46)4-13-2-3-18(45)22(5-13)60-61(58)59/h2-3,5,12,14-17,19-21,24-27,30,43-48,50,53H,4,6-11,35H2,1H3,(H2,36,49)(H,37,51)(H,38,52)(H,39,54)(H,40,55)(H,58,59)/p-1. The molecule has 340 valence electrons. The number of carbonyl (C=O) groups is 7. The molecule has 7 amide bonds. The Bertz CT molecular complexity index is 1860. The molecule has 14 atom stereocenters. The first-order valence-corrected chi connectivity index (χ1v) is 19.7. The van der Waals surface area contributed by atoms with Gasteiger partial charge in [0.2, 0.25) is 41.4 Å². The van der Waals surface area contributed by atoms with Crippen molar-refractivity contribution in [1.82, 2.24) is 31.1 Å². The van der Waals surface area contributed by atoms with Crippen LogP contribution in [0.1, 0.15) is 31.7 Å². The van der Waals surface area contributed by atoms with Gasteiger partial charge in [0.05, 0.1) is 43.5 Å². The molecule has 61 heavy (non-hydrogen) atoms. The second-order valence-electron chi connectivity index (χ2n) is 15.0. The van der Waals surface area contributed by atoms with E-state index in [2.05, 4.69) is 20.1 Å². The van der Waals surface area contributed by atoms with Gasteiger partial charge in [-0.2, -0.15) is 0 Å². The Balaban J connectivity index is 1.83. The van der Waals surface area contributed by atoms with Crippen LogP contribution in [0.3, 0.4) is 0 Å². The predicted octanol–water partition coefficient (Wildman–Crippen LogP) is -9.15. The fraction of sp³-hybridized carbons (Fsp3) is 0.618. The van der Waals surface area contributed by atoms with E-state index in [0.717, 1.165) is 17.0 Å². The lowest BCUT2D eigenvalue weighted by molar-refractivity contribution is -0.148. The van der Waals surface area contributed by atoms with E-state index in [4.69, 9.17) is 11.5 Å². The molecule has 4 rings (SSSR count). The Kier molecular flexibility index (Phi) is 16.4. The molecule has 14 unspecified atom stereocenters. The topological polar surface area (TPSA) is 437 Å². The van der Waals surface area contributed by atoms with Crippen molar-refractivity contribution in [2.24, 2.45) is 17.4 Å². The molecule has 1 aromatic carbocycles. The molecule has 27 heteroatoms. The third kappa shape index (κ3) is 11.8. The van der Waals surface area contributed by atoms with Gasteiger partial charge in [-0.05, 0) is 17.7 Å². The van der Waals surface area contributed by atoms with Crippen LogP contribution in [-0.4, -0.2) is 193 Å². The van der Waals surface area contributed by atoms with Gasteiger partial charge in [-0.1, -0.05) is 13.0 Å². The zero-order chi connectivity index (χ0) is 45.6. The average Bonchev–Trinajstić information content (AvgIpc) is 3.72. The highest BCUT2D eigenvalue weighted by Gasteiger charge is 2.50. The van der Waals surface area contributed by atoms with Crippen LogP contribution in [0, 0.1) is 5.92 Å². The van der Waals surface area contributed by atoms with E-state index in [1.54, 1.807) is 0 Å². The van der Waals surface area contributed by atoms with Gasteiger partial charge >= 0.3 is 0 Å². The summed E-state index contributed by atoms with van der Waals surface area (Å²) in [5, 5.41) is 94.1. The molecule has 1 aromatic rings. The Morgan fingerprint density at radius 2 is 1.56 bits per heavy atom. The highest BCUT2D eigenvalue weighted by atomic mass is 32.2. The third-order valence-corrected chi connectivity index (χ3v) is 10.7. The maximum absolute atomic E-state index is 14.2. The molecule has 3 saturated heterocycles. The van der Waals surface area contributed by atoms with Crippen LogP contribution in [0.2, 0.25) is 0 Å². The number of rotatable bonds is 9. The molecule has 3 fully saturated rings. The first kappa shape index (κ1) is 48.6. The van der Waals surface area contributed by atoms with Crippen molar-refractivity contribution in [2.45, 2.75) is 106 Å². The molecule has 3 heterocycles. The predicted molar refractivity (Wildman–Crippen MR) is 200 cm³/mol. The number of hydrogen-bond acceptors (Lipinski definition) is 19. The zero-order valence-corrected chi connectivity index (χ0v) is 33.1. The number of nitrogens with two attached hydrogens (primary N) is 2. The van der Waals surface area contributed by atoms with Crippen LogP contribution in [0.4, 0.5) is 0 Å². The number of carbonyl (C=O) groups excluding carboxylic acids is 7. The number of nitrogens with zero attached hydrogens (tertiary/aromatic N) is 2. The summed E-state index contributed by atoms with van der Waals surface area (Å²) in [5.74, 6) is -11.0. The third-order valence-electron chi connectivity index (χ3n) is 10.4. The number of phenols is 1. The van der Waals surface area contributed by atoms with Crippen molar-refractivity contribution in [3.63, 3.8) is 0 Å². The van der Waals surface area contributed by atoms with E-state index in [-0.39, 0.29) is 5.56 Å². The first-order valence-electron chi connectivity index (χ1n) is 18.7. The summed E-state index contributed by atoms with van der Waals surface area (Å²) in [4.78, 5) is 96.0. The lowest BCUT2D eigenvalue weighted by atomic mass is 9.98. The van der Waals surface area contributed by atoms with Gasteiger partial charge in [0.15, 0.2) is 17.7 Å². The van der Waals surface area contributed by atoms with Crippen LogP contribution in [0.25, 0.3) is 0 Å². The maximum atomic E-state index is 14.2. The molecule has 26 nitrogen and oxygen atoms in total. The number of amides is 7. The Hall–Kier alpha value is -5.10. The molecule has 3 aliphatic heterocycles. The summed E-state index contributed by atoms with van der Waals surface area (Å²) in [7, 11) is 0. The van der Waals surface area contributed by atoms with Crippen molar-refractivity contribution < 1.29 is 87.4 Å². The normalized spacial score (nSPS) is 32.6. The average molecular weight is 890 g/mol. The number of aliphatic hydroxyl groups excluding tert-OH is 7. The molecule has 0 aliphatic carbocycles. The monoisotopic (exact) mass is 889 g/mol. The van der Waals surface area contributed by atoms with Gasteiger partial charge in [-0.3, -0.25) is 33.6 Å². The summed E-state index contributed by atoms with van der Waals surface area (Å²) >= 11 is -3.18. The van der Waals surface area contributed by atoms with Crippen molar-refractivity contribution in [3.05, 3.63) is 23.8 Å². The van der Waals surface area contributed by atoms with Crippen molar-refractivity contribution in [1.29, 1.82) is 0 Å². The van der Waals surface area contributed by atoms with E-state index in [1.165, 1.54) is 13.0 Å². The summed E-state index contributed by atoms with van der Waals surface area (Å²) < 4.78 is 26.8. The van der Waals surface area contributed by atoms with Gasteiger partial charge in [0.25, 0.3) is 0 Å². The minimum Gasteiger partial charge on any atom is -0.740 e. The minimum atomic E-state index is -3.18. The fourth-order valence-corrected chi connectivity index (χ4v) is 7.46. The van der Waals surface area contributed by atoms with Crippen LogP contribution in [-0.2, 0) is 51.3 Å². The highest BCUT2D eigenvalue weighted by molar-refractivity contribution is 7.74. The SMILES string of the molecule is CC1CN2C(=O)C(C(O)CC(N)=O)NC(=O)C(C(O)Cc3ccc(O)c(OS(=O)[O-])c3)NC(=O)C3CC(O)CN3C(=O)C(CO)NC(=O)C(N)CC(O)C(O)NC(=O)C2C1O. The summed E-state index contributed by atoms with van der Waals surface area (Å²) in [5.41, 5.74) is 11.1. The van der Waals surface area contributed by atoms with Gasteiger partial charge < -0.3 is 92.1 Å². The highest BCUT2D eigenvalue weighted by Crippen LogP contribution is 2.29. The zero-order valence-electron chi connectivity index (χ0n) is 32.3. The largest absolute Gasteiger partial charge is 0.740 e. The number of hydrogen-bond donors (Lipinski definition) is 14. The van der Waals surface area contributed by atoms with E-state index < -0.39 is 189 Å². The molecule has 0 saturated carbocycles. The number of benzene rings is 1. The molecule has 3 aliphatic rings. The number of fused-ring (bicyclic) bond motifs is 2. The minimum absolute atomic E-state index is 0.0226. The quantitative estimate of drug-likeness (QED) is 0.102. The summed E-state index contributed by atoms with van der Waals surface area (Å²) in [6.45, 7) is -0.695. The van der Waals surface area contributed by atoms with Crippen molar-refractivity contribution >= 4 is 52.7 Å². The van der Waals surface area contributed by atoms with Crippen LogP contribution in [0.15, 0.2) is 18.2 Å². The summed E-state index contributed by atoms with van der Waals surface area (Å²) in [6.07, 6.45) is -14.5. The molecule has 16 N–H and O–H groups in total. The summed E-state index contributed by atoms with van der Waals surface area (Å²) in [6, 6.07) is -8.48. The van der Waals surface area contributed by atoms with E-state index in [0.29, 0.717) is 4.90 Å². The lowest BCUT2D eigenvalue weighted by Crippen LogP contribution is -2.64. The number of aromatic hydroxyl groups is 1. The van der Waals surface area contributed by atoms with Gasteiger partial charge in [-0.25, -0.2) is 4.21 Å². The Labute approximate surface area is 348 Å². The fourth-order valence-electron chi connectivity index (χ4n) is 7.18. The number of aliphatic hydroxyl groups is 7. The van der Waals surface area contributed by atoms with Crippen LogP contribution >= 0.6 is 0 Å². The first-order chi connectivity index (χ1) is 28.5. The smallest absolute Gasteiger partial charge is 0.248 e. The van der Waals surface area contributed by atoms with E-state index in [9.17, 15) is 83.2 Å². The molecule has 0 aromatic heterocycles. The molecule has 0 bridgehead atoms. The maximum Gasteiger partial charge on any atom is 0.248 e. The van der Waals surface area contributed by atoms with Crippen LogP contribution in [0.5, 0.6) is 11.5 Å². The number of primary amides is 1. The van der Waals surface area contributed by atoms with Gasteiger partial charge in [0.1, 0.15) is 47.7 Å². The van der Waals surface area contributed by atoms with Gasteiger partial charge in [-0.15, -0.1) is 0 Å². The number of nitrogens with one attached hydrogen (secondary N) is 4. The Morgan fingerprint density at radius 3 is 2.18 bits per heavy atom. The van der Waals surface area contributed by atoms with E-state index >= 15 is 0 Å². The molecule has 0 spiro atoms. The second-order valence-corrected chi connectivity index (χ2v) is 15.6. The lowest BCUT2D eigenvalue weighted by Gasteiger charge is -2.33. The number of phenolic OH excluding ortho intramolecular Hbond substituents is 1. The Morgan fingerprint density at radius 1 is 0.902 bits per heavy atom. The van der Waals surface area contributed by atoms with E-state index in [1.807, 2.05) is 5.32 Å². The van der Waals surface area contributed by atoms with Gasteiger partial charge in [0, 0.05) is 38.3 Å². The molecular weight excluding hydrogens is 840 g/mol. The molecular formula is C34H49N8O18S-. The molecule has 0 radical (unpaired) electrons. The van der Waals surface area contributed by atoms with Crippen LogP contribution < -0.4 is 36.9 Å². The van der Waals surface area contributed by atoms with Crippen molar-refractivity contribution in [3.8, 4) is 11.5 Å².